The molecule has 0 bridgehead atoms. The van der Waals surface area contributed by atoms with Crippen molar-refractivity contribution >= 4 is 37.6 Å². The van der Waals surface area contributed by atoms with E-state index in [1.54, 1.807) is 19.9 Å². The zero-order chi connectivity index (χ0) is 13.9. The molecule has 0 radical (unpaired) electrons. The molecule has 0 heterocycles. The Hall–Kier alpha value is -0.140. The van der Waals surface area contributed by atoms with Crippen molar-refractivity contribution in [3.63, 3.8) is 0 Å². The summed E-state index contributed by atoms with van der Waals surface area (Å²) in [7, 11) is -3.72. The summed E-state index contributed by atoms with van der Waals surface area (Å²) >= 11 is 9.23. The highest BCUT2D eigenvalue weighted by atomic mass is 79.9. The smallest absolute Gasteiger partial charge is 0.242 e. The van der Waals surface area contributed by atoms with Gasteiger partial charge in [0.1, 0.15) is 4.90 Å². The van der Waals surface area contributed by atoms with E-state index in [1.807, 2.05) is 0 Å². The van der Waals surface area contributed by atoms with E-state index in [2.05, 4.69) is 20.7 Å². The van der Waals surface area contributed by atoms with Crippen LogP contribution in [0.4, 0.5) is 0 Å². The van der Waals surface area contributed by atoms with Gasteiger partial charge < -0.3 is 5.11 Å². The molecule has 2 N–H and O–H groups in total. The monoisotopic (exact) mass is 355 g/mol. The number of nitrogens with one attached hydrogen (secondary N) is 1. The van der Waals surface area contributed by atoms with E-state index in [4.69, 9.17) is 16.7 Å². The number of hydrogen-bond acceptors (Lipinski definition) is 3. The molecule has 1 rings (SSSR count). The van der Waals surface area contributed by atoms with Crippen LogP contribution in [0.5, 0.6) is 0 Å². The quantitative estimate of drug-likeness (QED) is 0.851. The van der Waals surface area contributed by atoms with Gasteiger partial charge in [0, 0.05) is 10.5 Å². The fourth-order valence-corrected chi connectivity index (χ4v) is 3.77. The maximum Gasteiger partial charge on any atom is 0.242 e. The van der Waals surface area contributed by atoms with Crippen molar-refractivity contribution in [2.45, 2.75) is 31.2 Å². The normalized spacial score (nSPS) is 13.6. The Morgan fingerprint density at radius 3 is 2.61 bits per heavy atom. The number of aliphatic hydroxyl groups excluding tert-OH is 1. The largest absolute Gasteiger partial charge is 0.395 e. The predicted molar refractivity (Wildman–Crippen MR) is 75.4 cm³/mol. The fraction of sp³-hybridized carbons (Fsp3) is 0.455. The molecule has 1 aromatic rings. The van der Waals surface area contributed by atoms with E-state index in [0.717, 1.165) is 10.0 Å². The lowest BCUT2D eigenvalue weighted by molar-refractivity contribution is 0.254. The Kier molecular flexibility index (Phi) is 5.61. The summed E-state index contributed by atoms with van der Waals surface area (Å²) in [4.78, 5) is 0.0248. The van der Waals surface area contributed by atoms with Gasteiger partial charge in [-0.05, 0) is 31.0 Å². The molecule has 0 saturated carbocycles. The van der Waals surface area contributed by atoms with Crippen LogP contribution in [0.25, 0.3) is 0 Å². The van der Waals surface area contributed by atoms with Crippen molar-refractivity contribution in [1.29, 1.82) is 0 Å². The predicted octanol–water partition coefficient (Wildman–Crippen LogP) is 2.46. The summed E-state index contributed by atoms with van der Waals surface area (Å²) in [5.41, 5.74) is 0.775. The fourth-order valence-electron chi connectivity index (χ4n) is 1.37. The molecular formula is C11H15BrClNO3S. The Labute approximate surface area is 121 Å². The van der Waals surface area contributed by atoms with Crippen molar-refractivity contribution in [2.24, 2.45) is 0 Å². The molecule has 18 heavy (non-hydrogen) atoms. The molecule has 4 nitrogen and oxygen atoms in total. The first-order valence-electron chi connectivity index (χ1n) is 5.40. The Bertz CT molecular complexity index is 529. The highest BCUT2D eigenvalue weighted by molar-refractivity contribution is 9.10. The van der Waals surface area contributed by atoms with E-state index in [1.165, 1.54) is 6.07 Å². The average molecular weight is 357 g/mol. The summed E-state index contributed by atoms with van der Waals surface area (Å²) in [5.74, 6) is 0. The first kappa shape index (κ1) is 15.9. The Balaban J connectivity index is 3.16. The third-order valence-electron chi connectivity index (χ3n) is 2.54. The van der Waals surface area contributed by atoms with Crippen molar-refractivity contribution in [2.75, 3.05) is 6.61 Å². The Morgan fingerprint density at radius 2 is 2.11 bits per heavy atom. The van der Waals surface area contributed by atoms with Crippen LogP contribution in [0.3, 0.4) is 0 Å². The third kappa shape index (κ3) is 3.68. The lowest BCUT2D eigenvalue weighted by Gasteiger charge is -2.15. The molecule has 0 unspecified atom stereocenters. The molecule has 0 aliphatic carbocycles. The van der Waals surface area contributed by atoms with Gasteiger partial charge in [0.2, 0.25) is 10.0 Å². The second-order valence-corrected chi connectivity index (χ2v) is 6.88. The number of rotatable bonds is 5. The van der Waals surface area contributed by atoms with Crippen LogP contribution in [0.2, 0.25) is 5.02 Å². The van der Waals surface area contributed by atoms with E-state index >= 15 is 0 Å². The molecule has 1 aromatic carbocycles. The maximum absolute atomic E-state index is 12.1. The molecule has 7 heteroatoms. The average Bonchev–Trinajstić information content (AvgIpc) is 2.30. The summed E-state index contributed by atoms with van der Waals surface area (Å²) in [6.45, 7) is 3.32. The molecule has 0 amide bonds. The second-order valence-electron chi connectivity index (χ2n) is 3.94. The summed E-state index contributed by atoms with van der Waals surface area (Å²) in [6, 6.07) is 2.54. The molecule has 0 aromatic heterocycles. The zero-order valence-corrected chi connectivity index (χ0v) is 13.2. The number of hydrogen-bond donors (Lipinski definition) is 2. The van der Waals surface area contributed by atoms with Crippen molar-refractivity contribution in [1.82, 2.24) is 4.72 Å². The lowest BCUT2D eigenvalue weighted by atomic mass is 10.2. The van der Waals surface area contributed by atoms with Crippen LogP contribution in [0.15, 0.2) is 21.5 Å². The van der Waals surface area contributed by atoms with E-state index in [-0.39, 0.29) is 16.5 Å². The van der Waals surface area contributed by atoms with Crippen LogP contribution in [0.1, 0.15) is 18.9 Å². The zero-order valence-electron chi connectivity index (χ0n) is 10.1. The standard InChI is InChI=1S/C11H15BrClNO3S/c1-3-8(6-15)14-18(16,17)11-4-7(2)9(12)5-10(11)13/h4-5,8,14-15H,3,6H2,1-2H3/t8-/m1/s1. The van der Waals surface area contributed by atoms with Crippen LogP contribution in [-0.4, -0.2) is 26.2 Å². The highest BCUT2D eigenvalue weighted by Gasteiger charge is 2.22. The number of aryl methyl sites for hydroxylation is 1. The van der Waals surface area contributed by atoms with Crippen LogP contribution >= 0.6 is 27.5 Å². The van der Waals surface area contributed by atoms with E-state index in [0.29, 0.717) is 6.42 Å². The molecule has 1 atom stereocenters. The summed E-state index contributed by atoms with van der Waals surface area (Å²) in [6.07, 6.45) is 0.503. The maximum atomic E-state index is 12.1. The number of aliphatic hydroxyl groups is 1. The molecule has 0 aliphatic heterocycles. The lowest BCUT2D eigenvalue weighted by Crippen LogP contribution is -2.37. The van der Waals surface area contributed by atoms with Gasteiger partial charge in [-0.2, -0.15) is 0 Å². The van der Waals surface area contributed by atoms with Gasteiger partial charge in [-0.15, -0.1) is 0 Å². The van der Waals surface area contributed by atoms with E-state index < -0.39 is 16.1 Å². The SMILES string of the molecule is CC[C@H](CO)NS(=O)(=O)c1cc(C)c(Br)cc1Cl. The van der Waals surface area contributed by atoms with Crippen molar-refractivity contribution < 1.29 is 13.5 Å². The van der Waals surface area contributed by atoms with Gasteiger partial charge in [0.15, 0.2) is 0 Å². The number of benzene rings is 1. The van der Waals surface area contributed by atoms with Gasteiger partial charge in [-0.3, -0.25) is 0 Å². The third-order valence-corrected chi connectivity index (χ3v) is 5.38. The highest BCUT2D eigenvalue weighted by Crippen LogP contribution is 2.28. The molecule has 0 spiro atoms. The van der Waals surface area contributed by atoms with Crippen LogP contribution in [0, 0.1) is 6.92 Å². The van der Waals surface area contributed by atoms with Crippen LogP contribution in [-0.2, 0) is 10.0 Å². The minimum Gasteiger partial charge on any atom is -0.395 e. The minimum absolute atomic E-state index is 0.0248. The van der Waals surface area contributed by atoms with Gasteiger partial charge in [-0.25, -0.2) is 13.1 Å². The number of halogens is 2. The van der Waals surface area contributed by atoms with E-state index in [9.17, 15) is 8.42 Å². The summed E-state index contributed by atoms with van der Waals surface area (Å²) in [5, 5.41) is 9.18. The first-order valence-corrected chi connectivity index (χ1v) is 8.06. The molecule has 0 saturated heterocycles. The van der Waals surface area contributed by atoms with Crippen LogP contribution < -0.4 is 4.72 Å². The molecule has 0 fully saturated rings. The van der Waals surface area contributed by atoms with Gasteiger partial charge in [0.25, 0.3) is 0 Å². The Morgan fingerprint density at radius 1 is 1.50 bits per heavy atom. The molecular weight excluding hydrogens is 342 g/mol. The van der Waals surface area contributed by atoms with Crippen molar-refractivity contribution in [3.05, 3.63) is 27.2 Å². The minimum atomic E-state index is -3.72. The van der Waals surface area contributed by atoms with Gasteiger partial charge in [-0.1, -0.05) is 34.5 Å². The first-order chi connectivity index (χ1) is 8.31. The summed E-state index contributed by atoms with van der Waals surface area (Å²) < 4.78 is 27.4. The second kappa shape index (κ2) is 6.34. The molecule has 102 valence electrons. The van der Waals surface area contributed by atoms with Gasteiger partial charge in [0.05, 0.1) is 11.6 Å². The number of sulfonamides is 1. The molecule has 0 aliphatic rings. The van der Waals surface area contributed by atoms with Crippen molar-refractivity contribution in [3.8, 4) is 0 Å². The topological polar surface area (TPSA) is 66.4 Å². The van der Waals surface area contributed by atoms with Gasteiger partial charge >= 0.3 is 0 Å².